The maximum Gasteiger partial charge on any atom is 0.311 e. The van der Waals surface area contributed by atoms with Crippen molar-refractivity contribution in [2.45, 2.75) is 33.7 Å². The standard InChI is InChI=1S/C14H25NO4/c1-7-18-12(16)9-10(13(17)19-8-2)14(3,4)11(9)15(5)6/h9-11H,7-8H2,1-6H3/t9-,10+,11+/m0/s1. The molecule has 1 rings (SSSR count). The molecule has 0 radical (unpaired) electrons. The first-order chi connectivity index (χ1) is 8.78. The van der Waals surface area contributed by atoms with Gasteiger partial charge in [0.1, 0.15) is 0 Å². The van der Waals surface area contributed by atoms with Crippen LogP contribution in [0.1, 0.15) is 27.7 Å². The van der Waals surface area contributed by atoms with Crippen molar-refractivity contribution in [2.24, 2.45) is 17.3 Å². The lowest BCUT2D eigenvalue weighted by atomic mass is 9.51. The molecule has 1 saturated carbocycles. The van der Waals surface area contributed by atoms with Crippen LogP contribution >= 0.6 is 0 Å². The van der Waals surface area contributed by atoms with Crippen LogP contribution in [0, 0.1) is 17.3 Å². The molecule has 0 spiro atoms. The van der Waals surface area contributed by atoms with Crippen molar-refractivity contribution in [2.75, 3.05) is 27.3 Å². The number of nitrogens with zero attached hydrogens (tertiary/aromatic N) is 1. The van der Waals surface area contributed by atoms with Crippen LogP contribution in [-0.2, 0) is 19.1 Å². The summed E-state index contributed by atoms with van der Waals surface area (Å²) in [5.74, 6) is -1.48. The highest BCUT2D eigenvalue weighted by Gasteiger charge is 2.64. The second kappa shape index (κ2) is 5.90. The SMILES string of the molecule is CCOC(=O)[C@H]1[C@H](C(=O)OCC)C(C)(C)[C@@H]1N(C)C. The zero-order valence-corrected chi connectivity index (χ0v) is 12.7. The summed E-state index contributed by atoms with van der Waals surface area (Å²) < 4.78 is 10.2. The molecule has 0 bridgehead atoms. The summed E-state index contributed by atoms with van der Waals surface area (Å²) in [7, 11) is 3.83. The minimum Gasteiger partial charge on any atom is -0.466 e. The van der Waals surface area contributed by atoms with Gasteiger partial charge in [-0.2, -0.15) is 0 Å². The first-order valence-corrected chi connectivity index (χ1v) is 6.78. The van der Waals surface area contributed by atoms with E-state index in [1.54, 1.807) is 13.8 Å². The summed E-state index contributed by atoms with van der Waals surface area (Å²) in [6.45, 7) is 8.18. The number of hydrogen-bond donors (Lipinski definition) is 0. The van der Waals surface area contributed by atoms with Crippen molar-refractivity contribution in [3.05, 3.63) is 0 Å². The largest absolute Gasteiger partial charge is 0.466 e. The second-order valence-corrected chi connectivity index (χ2v) is 5.74. The predicted molar refractivity (Wildman–Crippen MR) is 71.5 cm³/mol. The van der Waals surface area contributed by atoms with E-state index in [4.69, 9.17) is 9.47 Å². The summed E-state index contributed by atoms with van der Waals surface area (Å²) >= 11 is 0. The third-order valence-corrected chi connectivity index (χ3v) is 3.92. The van der Waals surface area contributed by atoms with Crippen molar-refractivity contribution in [3.8, 4) is 0 Å². The number of ether oxygens (including phenoxy) is 2. The molecule has 1 aliphatic carbocycles. The molecule has 0 aliphatic heterocycles. The Morgan fingerprint density at radius 1 is 1.05 bits per heavy atom. The first-order valence-electron chi connectivity index (χ1n) is 6.78. The van der Waals surface area contributed by atoms with E-state index in [2.05, 4.69) is 0 Å². The Hall–Kier alpha value is -1.10. The quantitative estimate of drug-likeness (QED) is 0.706. The number of hydrogen-bond acceptors (Lipinski definition) is 5. The van der Waals surface area contributed by atoms with Gasteiger partial charge in [-0.05, 0) is 33.4 Å². The van der Waals surface area contributed by atoms with Gasteiger partial charge in [-0.25, -0.2) is 0 Å². The van der Waals surface area contributed by atoms with Crippen molar-refractivity contribution < 1.29 is 19.1 Å². The van der Waals surface area contributed by atoms with Gasteiger partial charge < -0.3 is 14.4 Å². The summed E-state index contributed by atoms with van der Waals surface area (Å²) in [4.78, 5) is 26.2. The molecule has 0 amide bonds. The van der Waals surface area contributed by atoms with Crippen LogP contribution in [0.3, 0.4) is 0 Å². The highest BCUT2D eigenvalue weighted by atomic mass is 16.5. The molecule has 0 heterocycles. The molecule has 5 nitrogen and oxygen atoms in total. The van der Waals surface area contributed by atoms with Crippen LogP contribution < -0.4 is 0 Å². The lowest BCUT2D eigenvalue weighted by Gasteiger charge is -2.57. The molecule has 110 valence electrons. The smallest absolute Gasteiger partial charge is 0.311 e. The van der Waals surface area contributed by atoms with E-state index in [9.17, 15) is 9.59 Å². The number of esters is 2. The lowest BCUT2D eigenvalue weighted by molar-refractivity contribution is -0.195. The van der Waals surface area contributed by atoms with E-state index in [-0.39, 0.29) is 23.4 Å². The van der Waals surface area contributed by atoms with Crippen LogP contribution in [0.5, 0.6) is 0 Å². The van der Waals surface area contributed by atoms with Crippen molar-refractivity contribution in [1.82, 2.24) is 4.90 Å². The molecule has 1 aliphatic rings. The maximum atomic E-state index is 12.1. The van der Waals surface area contributed by atoms with Crippen LogP contribution in [0.2, 0.25) is 0 Å². The average molecular weight is 271 g/mol. The minimum atomic E-state index is -0.441. The monoisotopic (exact) mass is 271 g/mol. The number of carbonyl (C=O) groups is 2. The average Bonchev–Trinajstić information content (AvgIpc) is 2.25. The summed E-state index contributed by atoms with van der Waals surface area (Å²) in [5.41, 5.74) is -0.298. The molecule has 19 heavy (non-hydrogen) atoms. The molecule has 1 fully saturated rings. The highest BCUT2D eigenvalue weighted by Crippen LogP contribution is 2.53. The molecule has 0 aromatic rings. The Kier molecular flexibility index (Phi) is 4.96. The fourth-order valence-electron chi connectivity index (χ4n) is 3.35. The lowest BCUT2D eigenvalue weighted by Crippen LogP contribution is -2.68. The van der Waals surface area contributed by atoms with Gasteiger partial charge in [0.15, 0.2) is 0 Å². The van der Waals surface area contributed by atoms with Gasteiger partial charge in [-0.15, -0.1) is 0 Å². The second-order valence-electron chi connectivity index (χ2n) is 5.74. The molecule has 0 N–H and O–H groups in total. The summed E-state index contributed by atoms with van der Waals surface area (Å²) in [6, 6.07) is -0.0130. The van der Waals surface area contributed by atoms with Crippen LogP contribution in [0.4, 0.5) is 0 Å². The van der Waals surface area contributed by atoms with Gasteiger partial charge in [0, 0.05) is 6.04 Å². The molecular formula is C14H25NO4. The van der Waals surface area contributed by atoms with Crippen molar-refractivity contribution in [3.63, 3.8) is 0 Å². The third kappa shape index (κ3) is 2.76. The van der Waals surface area contributed by atoms with Gasteiger partial charge in [-0.3, -0.25) is 9.59 Å². The Labute approximate surface area is 115 Å². The molecule has 0 unspecified atom stereocenters. The van der Waals surface area contributed by atoms with E-state index < -0.39 is 11.8 Å². The predicted octanol–water partition coefficient (Wildman–Crippen LogP) is 1.31. The van der Waals surface area contributed by atoms with E-state index in [1.807, 2.05) is 32.8 Å². The Morgan fingerprint density at radius 3 is 1.95 bits per heavy atom. The van der Waals surface area contributed by atoms with E-state index in [0.29, 0.717) is 13.2 Å². The van der Waals surface area contributed by atoms with Crippen molar-refractivity contribution >= 4 is 11.9 Å². The van der Waals surface area contributed by atoms with E-state index >= 15 is 0 Å². The normalized spacial score (nSPS) is 28.7. The van der Waals surface area contributed by atoms with Gasteiger partial charge in [-0.1, -0.05) is 13.8 Å². The Balaban J connectivity index is 2.98. The fourth-order valence-corrected chi connectivity index (χ4v) is 3.35. The van der Waals surface area contributed by atoms with Gasteiger partial charge in [0.25, 0.3) is 0 Å². The molecular weight excluding hydrogens is 246 g/mol. The zero-order valence-electron chi connectivity index (χ0n) is 12.7. The minimum absolute atomic E-state index is 0.0130. The Bertz CT molecular complexity index is 351. The topological polar surface area (TPSA) is 55.8 Å². The van der Waals surface area contributed by atoms with Gasteiger partial charge in [0.05, 0.1) is 25.0 Å². The molecule has 3 atom stereocenters. The molecule has 5 heteroatoms. The van der Waals surface area contributed by atoms with E-state index in [0.717, 1.165) is 0 Å². The maximum absolute atomic E-state index is 12.1. The van der Waals surface area contributed by atoms with Crippen LogP contribution in [0.25, 0.3) is 0 Å². The zero-order chi connectivity index (χ0) is 14.8. The Morgan fingerprint density at radius 2 is 1.53 bits per heavy atom. The molecule has 0 aromatic carbocycles. The van der Waals surface area contributed by atoms with Gasteiger partial charge >= 0.3 is 11.9 Å². The first kappa shape index (κ1) is 16.0. The van der Waals surface area contributed by atoms with E-state index in [1.165, 1.54) is 0 Å². The third-order valence-electron chi connectivity index (χ3n) is 3.92. The fraction of sp³-hybridized carbons (Fsp3) is 0.857. The highest BCUT2D eigenvalue weighted by molar-refractivity contribution is 5.86. The molecule has 0 aromatic heterocycles. The van der Waals surface area contributed by atoms with Crippen molar-refractivity contribution in [1.29, 1.82) is 0 Å². The van der Waals surface area contributed by atoms with Gasteiger partial charge in [0.2, 0.25) is 0 Å². The number of carbonyl (C=O) groups excluding carboxylic acids is 2. The summed E-state index contributed by atoms with van der Waals surface area (Å²) in [6.07, 6.45) is 0. The van der Waals surface area contributed by atoms with Crippen LogP contribution in [-0.4, -0.2) is 50.2 Å². The van der Waals surface area contributed by atoms with Crippen LogP contribution in [0.15, 0.2) is 0 Å². The summed E-state index contributed by atoms with van der Waals surface area (Å²) in [5, 5.41) is 0. The number of rotatable bonds is 5. The molecule has 0 saturated heterocycles.